The minimum Gasteiger partial charge on any atom is -0.508 e. The maximum absolute atomic E-state index is 15.3. The monoisotopic (exact) mass is 825 g/mol. The number of rotatable bonds is 7. The van der Waals surface area contributed by atoms with E-state index in [0.29, 0.717) is 78.1 Å². The van der Waals surface area contributed by atoms with E-state index in [9.17, 15) is 5.11 Å². The van der Waals surface area contributed by atoms with Gasteiger partial charge in [0.05, 0.1) is 35.6 Å². The number of aryl methyl sites for hydroxylation is 1. The fourth-order valence-electron chi connectivity index (χ4n) is 9.25. The van der Waals surface area contributed by atoms with Crippen molar-refractivity contribution in [3.8, 4) is 28.5 Å². The summed E-state index contributed by atoms with van der Waals surface area (Å²) in [4.78, 5) is 39.0. The van der Waals surface area contributed by atoms with Crippen LogP contribution < -0.4 is 19.3 Å². The van der Waals surface area contributed by atoms with Crippen LogP contribution in [-0.4, -0.2) is 96.8 Å². The van der Waals surface area contributed by atoms with Gasteiger partial charge in [-0.05, 0) is 109 Å². The fraction of sp³-hybridized carbons (Fsp3) is 0.292. The third-order valence-corrected chi connectivity index (χ3v) is 12.3. The average Bonchev–Trinajstić information content (AvgIpc) is 3.66. The first-order valence-corrected chi connectivity index (χ1v) is 20.6. The number of anilines is 3. The van der Waals surface area contributed by atoms with Crippen molar-refractivity contribution in [2.24, 2.45) is 0 Å². The van der Waals surface area contributed by atoms with E-state index in [4.69, 9.17) is 14.2 Å². The van der Waals surface area contributed by atoms with Gasteiger partial charge in [0.1, 0.15) is 19.0 Å². The van der Waals surface area contributed by atoms with Gasteiger partial charge < -0.3 is 33.5 Å². The molecule has 2 aromatic heterocycles. The maximum Gasteiger partial charge on any atom is 0.265 e. The van der Waals surface area contributed by atoms with E-state index in [1.165, 1.54) is 11.1 Å². The molecule has 1 fully saturated rings. The lowest BCUT2D eigenvalue weighted by molar-refractivity contribution is 0.0193. The molecule has 1 atom stereocenters. The Labute approximate surface area is 355 Å². The molecule has 12 heteroatoms. The van der Waals surface area contributed by atoms with Crippen molar-refractivity contribution in [1.29, 1.82) is 0 Å². The summed E-state index contributed by atoms with van der Waals surface area (Å²) in [6.07, 6.45) is 4.63. The van der Waals surface area contributed by atoms with Crippen molar-refractivity contribution in [1.82, 2.24) is 14.2 Å². The van der Waals surface area contributed by atoms with Gasteiger partial charge in [-0.3, -0.25) is 19.4 Å². The number of fused-ring (bicyclic) bond motifs is 4. The quantitative estimate of drug-likeness (QED) is 0.175. The van der Waals surface area contributed by atoms with E-state index in [0.717, 1.165) is 62.4 Å². The highest BCUT2D eigenvalue weighted by Crippen LogP contribution is 2.42. The molecule has 0 spiro atoms. The van der Waals surface area contributed by atoms with Crippen molar-refractivity contribution < 1.29 is 28.9 Å². The zero-order valence-corrected chi connectivity index (χ0v) is 34.4. The Morgan fingerprint density at radius 1 is 0.767 bits per heavy atom. The van der Waals surface area contributed by atoms with Gasteiger partial charge in [-0.2, -0.15) is 0 Å². The van der Waals surface area contributed by atoms with Crippen LogP contribution in [0.2, 0.25) is 0 Å². The second kappa shape index (κ2) is 16.6. The number of pyridine rings is 1. The molecule has 4 aliphatic heterocycles. The molecule has 1 saturated heterocycles. The van der Waals surface area contributed by atoms with Crippen LogP contribution in [0.25, 0.3) is 16.8 Å². The van der Waals surface area contributed by atoms with Gasteiger partial charge in [0, 0.05) is 74.6 Å². The lowest BCUT2D eigenvalue weighted by Crippen LogP contribution is -2.52. The molecular formula is C48H48ClN5O6. The average molecular weight is 826 g/mol. The lowest BCUT2D eigenvalue weighted by Gasteiger charge is -2.40. The van der Waals surface area contributed by atoms with Crippen LogP contribution in [0.3, 0.4) is 0 Å². The highest BCUT2D eigenvalue weighted by Gasteiger charge is 2.35. The number of halogens is 1. The Morgan fingerprint density at radius 2 is 1.50 bits per heavy atom. The molecule has 60 heavy (non-hydrogen) atoms. The molecule has 1 N–H and O–H groups in total. The Kier molecular flexibility index (Phi) is 10.9. The van der Waals surface area contributed by atoms with E-state index in [-0.39, 0.29) is 36.0 Å². The summed E-state index contributed by atoms with van der Waals surface area (Å²) in [5.74, 6) is 0.857. The van der Waals surface area contributed by atoms with Crippen molar-refractivity contribution in [2.45, 2.75) is 31.8 Å². The number of ether oxygens (including phenoxy) is 3. The number of carbonyl (C=O) groups excluding carboxylic acids is 2. The van der Waals surface area contributed by atoms with E-state index in [1.807, 2.05) is 64.0 Å². The van der Waals surface area contributed by atoms with E-state index >= 15 is 9.59 Å². The predicted octanol–water partition coefficient (Wildman–Crippen LogP) is 7.77. The van der Waals surface area contributed by atoms with Crippen molar-refractivity contribution >= 4 is 46.8 Å². The molecule has 4 aromatic carbocycles. The normalized spacial score (nSPS) is 17.4. The van der Waals surface area contributed by atoms with Crippen LogP contribution >= 0.6 is 12.4 Å². The second-order valence-corrected chi connectivity index (χ2v) is 15.9. The van der Waals surface area contributed by atoms with Crippen molar-refractivity contribution in [3.63, 3.8) is 0 Å². The number of phenols is 1. The number of hydrogen-bond donors (Lipinski definition) is 1. The third kappa shape index (κ3) is 7.31. The first-order valence-electron chi connectivity index (χ1n) is 20.6. The molecular weight excluding hydrogens is 778 g/mol. The number of benzene rings is 4. The van der Waals surface area contributed by atoms with Crippen molar-refractivity contribution in [2.75, 3.05) is 69.5 Å². The smallest absolute Gasteiger partial charge is 0.265 e. The van der Waals surface area contributed by atoms with Gasteiger partial charge in [-0.25, -0.2) is 0 Å². The van der Waals surface area contributed by atoms with Crippen LogP contribution in [0, 0.1) is 0 Å². The Hall–Kier alpha value is -6.01. The standard InChI is InChI=1S/C48H47N5O6.ClH/c1-49-17-6-9-33-26-36(13-16-42(33)49)53(35-11-14-38(54)15-12-35)48(56)41-27-44(51-18-5-4-10-43(41)51)39-28-45-46(59-24-23-58-45)29-40(39)47(55)52-30-34-8-3-2-7-32(34)25-37(52)31-50-19-21-57-22-20-50;/h2-5,7-8,10-16,18,26-29,37,54H,6,9,17,19-25,30-31H2,1H3;1H/t37-;/m0./s1. The number of hydrogen-bond acceptors (Lipinski definition) is 8. The van der Waals surface area contributed by atoms with Gasteiger partial charge in [0.25, 0.3) is 11.8 Å². The van der Waals surface area contributed by atoms with Gasteiger partial charge in [0.15, 0.2) is 11.5 Å². The Bertz CT molecular complexity index is 2570. The molecule has 11 nitrogen and oxygen atoms in total. The van der Waals surface area contributed by atoms with Crippen LogP contribution in [0.4, 0.5) is 17.1 Å². The number of amides is 2. The largest absolute Gasteiger partial charge is 0.508 e. The number of aromatic hydroxyl groups is 1. The summed E-state index contributed by atoms with van der Waals surface area (Å²) in [5.41, 5.74) is 9.09. The highest BCUT2D eigenvalue weighted by atomic mass is 35.5. The molecule has 4 aliphatic rings. The van der Waals surface area contributed by atoms with Crippen LogP contribution in [0.1, 0.15) is 43.8 Å². The first-order chi connectivity index (χ1) is 28.9. The SMILES string of the molecule is CN1CCCc2cc(N(C(=O)c3cc(-c4cc5c(cc4C(=O)N4Cc6ccccc6C[C@H]4CN4CCOCC4)OCCO5)n4ccccc34)c3ccc(O)cc3)ccc21.Cl. The third-order valence-electron chi connectivity index (χ3n) is 12.3. The molecule has 0 radical (unpaired) electrons. The minimum atomic E-state index is -0.238. The number of carbonyl (C=O) groups is 2. The summed E-state index contributed by atoms with van der Waals surface area (Å²) in [7, 11) is 2.10. The van der Waals surface area contributed by atoms with Gasteiger partial charge in [-0.1, -0.05) is 30.3 Å². The Balaban J connectivity index is 0.00000462. The second-order valence-electron chi connectivity index (χ2n) is 15.9. The lowest BCUT2D eigenvalue weighted by atomic mass is 9.92. The minimum absolute atomic E-state index is 0. The number of aromatic nitrogens is 1. The van der Waals surface area contributed by atoms with E-state index < -0.39 is 0 Å². The van der Waals surface area contributed by atoms with Gasteiger partial charge in [0.2, 0.25) is 0 Å². The maximum atomic E-state index is 15.3. The molecule has 0 bridgehead atoms. The number of morpholine rings is 1. The van der Waals surface area contributed by atoms with Crippen LogP contribution in [0.5, 0.6) is 17.2 Å². The van der Waals surface area contributed by atoms with E-state index in [2.05, 4.69) is 47.2 Å². The van der Waals surface area contributed by atoms with Crippen LogP contribution in [-0.2, 0) is 24.1 Å². The molecule has 0 aliphatic carbocycles. The highest BCUT2D eigenvalue weighted by molar-refractivity contribution is 6.16. The Morgan fingerprint density at radius 3 is 2.30 bits per heavy atom. The number of phenolic OH excluding ortho intramolecular Hbond substituents is 1. The van der Waals surface area contributed by atoms with E-state index in [1.54, 1.807) is 29.2 Å². The molecule has 0 saturated carbocycles. The van der Waals surface area contributed by atoms with Gasteiger partial charge >= 0.3 is 0 Å². The summed E-state index contributed by atoms with van der Waals surface area (Å²) in [6.45, 7) is 5.99. The zero-order valence-electron chi connectivity index (χ0n) is 33.6. The molecule has 6 heterocycles. The first kappa shape index (κ1) is 39.5. The summed E-state index contributed by atoms with van der Waals surface area (Å²) in [5, 5.41) is 10.2. The molecule has 6 aromatic rings. The topological polar surface area (TPSA) is 99.4 Å². The fourth-order valence-corrected chi connectivity index (χ4v) is 9.25. The van der Waals surface area contributed by atoms with Crippen LogP contribution in [0.15, 0.2) is 109 Å². The number of nitrogens with zero attached hydrogens (tertiary/aromatic N) is 5. The molecule has 308 valence electrons. The van der Waals surface area contributed by atoms with Crippen molar-refractivity contribution in [3.05, 3.63) is 137 Å². The molecule has 10 rings (SSSR count). The molecule has 2 amide bonds. The predicted molar refractivity (Wildman–Crippen MR) is 235 cm³/mol. The summed E-state index contributed by atoms with van der Waals surface area (Å²) < 4.78 is 19.9. The molecule has 0 unspecified atom stereocenters. The summed E-state index contributed by atoms with van der Waals surface area (Å²) in [6, 6.07) is 32.7. The zero-order chi connectivity index (χ0) is 40.0. The van der Waals surface area contributed by atoms with Gasteiger partial charge in [-0.15, -0.1) is 12.4 Å². The summed E-state index contributed by atoms with van der Waals surface area (Å²) >= 11 is 0.